The van der Waals surface area contributed by atoms with E-state index in [-0.39, 0.29) is 11.8 Å². The molecule has 3 rings (SSSR count). The number of likely N-dealkylation sites (tertiary alicyclic amines) is 1. The van der Waals surface area contributed by atoms with Gasteiger partial charge in [0.2, 0.25) is 5.91 Å². The highest BCUT2D eigenvalue weighted by molar-refractivity contribution is 6.05. The molecule has 176 valence electrons. The summed E-state index contributed by atoms with van der Waals surface area (Å²) in [5, 5.41) is 2.54. The standard InChI is InChI=1S/C22H26F4N2O4/c1-20(2,3)32-19(31)28-9-12-13(10-28)15(12)18(30)27-21(4,5)17(29)11-7-6-8-14(16(11)23)22(24,25)26/h6-8,12-13,15H,9-10H2,1-5H3,(H,27,30). The molecule has 1 aromatic carbocycles. The van der Waals surface area contributed by atoms with E-state index in [2.05, 4.69) is 5.32 Å². The van der Waals surface area contributed by atoms with Crippen LogP contribution in [0, 0.1) is 23.6 Å². The predicted octanol–water partition coefficient (Wildman–Crippen LogP) is 4.03. The topological polar surface area (TPSA) is 75.7 Å². The van der Waals surface area contributed by atoms with E-state index in [1.165, 1.54) is 18.7 Å². The Labute approximate surface area is 183 Å². The number of benzene rings is 1. The Hall–Kier alpha value is -2.65. The molecule has 10 heteroatoms. The van der Waals surface area contributed by atoms with Crippen LogP contribution in [0.3, 0.4) is 0 Å². The normalized spacial score (nSPS) is 22.9. The fourth-order valence-corrected chi connectivity index (χ4v) is 4.10. The number of ether oxygens (including phenoxy) is 1. The highest BCUT2D eigenvalue weighted by Gasteiger charge is 2.61. The molecule has 0 radical (unpaired) electrons. The minimum Gasteiger partial charge on any atom is -0.444 e. The van der Waals surface area contributed by atoms with Crippen LogP contribution in [0.5, 0.6) is 0 Å². The second-order valence-electron chi connectivity index (χ2n) is 9.85. The maximum Gasteiger partial charge on any atom is 0.419 e. The maximum atomic E-state index is 14.4. The van der Waals surface area contributed by atoms with Gasteiger partial charge in [0.15, 0.2) is 5.78 Å². The number of halogens is 4. The summed E-state index contributed by atoms with van der Waals surface area (Å²) in [5.74, 6) is -3.67. The molecule has 1 saturated carbocycles. The number of ketones is 1. The fourth-order valence-electron chi connectivity index (χ4n) is 4.10. The molecular formula is C22H26F4N2O4. The van der Waals surface area contributed by atoms with E-state index in [4.69, 9.17) is 4.74 Å². The van der Waals surface area contributed by atoms with E-state index in [1.807, 2.05) is 0 Å². The largest absolute Gasteiger partial charge is 0.444 e. The zero-order valence-electron chi connectivity index (χ0n) is 18.5. The lowest BCUT2D eigenvalue weighted by Gasteiger charge is -2.27. The van der Waals surface area contributed by atoms with E-state index in [9.17, 15) is 31.9 Å². The maximum absolute atomic E-state index is 14.4. The lowest BCUT2D eigenvalue weighted by atomic mass is 9.91. The van der Waals surface area contributed by atoms with Crippen LogP contribution in [0.1, 0.15) is 50.5 Å². The lowest BCUT2D eigenvalue weighted by Crippen LogP contribution is -2.51. The first kappa shape index (κ1) is 24.0. The fraction of sp³-hybridized carbons (Fsp3) is 0.591. The third-order valence-corrected chi connectivity index (χ3v) is 5.70. The number of carbonyl (C=O) groups is 3. The van der Waals surface area contributed by atoms with Gasteiger partial charge in [0.1, 0.15) is 11.4 Å². The molecule has 6 nitrogen and oxygen atoms in total. The number of rotatable bonds is 4. The lowest BCUT2D eigenvalue weighted by molar-refractivity contribution is -0.140. The average molecular weight is 458 g/mol. The average Bonchev–Trinajstić information content (AvgIpc) is 3.13. The third-order valence-electron chi connectivity index (χ3n) is 5.70. The van der Waals surface area contributed by atoms with E-state index in [0.717, 1.165) is 12.1 Å². The van der Waals surface area contributed by atoms with Crippen molar-refractivity contribution in [3.63, 3.8) is 0 Å². The van der Waals surface area contributed by atoms with E-state index < -0.39 is 58.0 Å². The number of amides is 2. The van der Waals surface area contributed by atoms with Crippen molar-refractivity contribution >= 4 is 17.8 Å². The SMILES string of the molecule is CC(C)(C)OC(=O)N1CC2C(C1)C2C(=O)NC(C)(C)C(=O)c1cccc(C(F)(F)F)c1F. The Balaban J connectivity index is 1.64. The highest BCUT2D eigenvalue weighted by Crippen LogP contribution is 2.52. The summed E-state index contributed by atoms with van der Waals surface area (Å²) in [6.45, 7) is 8.58. The number of nitrogens with zero attached hydrogens (tertiary/aromatic N) is 1. The molecule has 1 heterocycles. The Bertz CT molecular complexity index is 940. The van der Waals surface area contributed by atoms with Gasteiger partial charge in [-0.05, 0) is 58.6 Å². The molecular weight excluding hydrogens is 432 g/mol. The molecule has 2 fully saturated rings. The van der Waals surface area contributed by atoms with E-state index in [1.54, 1.807) is 20.8 Å². The smallest absolute Gasteiger partial charge is 0.419 e. The molecule has 0 spiro atoms. The van der Waals surface area contributed by atoms with Gasteiger partial charge < -0.3 is 15.0 Å². The number of piperidine rings is 1. The molecule has 2 unspecified atom stereocenters. The number of hydrogen-bond acceptors (Lipinski definition) is 4. The molecule has 2 amide bonds. The Morgan fingerprint density at radius 3 is 2.09 bits per heavy atom. The summed E-state index contributed by atoms with van der Waals surface area (Å²) in [4.78, 5) is 39.2. The Kier molecular flexibility index (Phi) is 5.80. The monoisotopic (exact) mass is 458 g/mol. The number of nitrogens with one attached hydrogen (secondary N) is 1. The van der Waals surface area contributed by atoms with Crippen LogP contribution in [0.25, 0.3) is 0 Å². The van der Waals surface area contributed by atoms with Gasteiger partial charge >= 0.3 is 12.3 Å². The van der Waals surface area contributed by atoms with Gasteiger partial charge in [-0.15, -0.1) is 0 Å². The van der Waals surface area contributed by atoms with Gasteiger partial charge in [0.25, 0.3) is 0 Å². The van der Waals surface area contributed by atoms with Crippen molar-refractivity contribution in [1.29, 1.82) is 0 Å². The van der Waals surface area contributed by atoms with Crippen LogP contribution >= 0.6 is 0 Å². The number of Topliss-reactive ketones (excluding diaryl/α,β-unsaturated/α-hetero) is 1. The first-order valence-electron chi connectivity index (χ1n) is 10.2. The van der Waals surface area contributed by atoms with Gasteiger partial charge in [-0.2, -0.15) is 13.2 Å². The van der Waals surface area contributed by atoms with Crippen LogP contribution in [-0.2, 0) is 15.7 Å². The summed E-state index contributed by atoms with van der Waals surface area (Å²) in [6, 6.07) is 2.47. The summed E-state index contributed by atoms with van der Waals surface area (Å²) in [7, 11) is 0. The van der Waals surface area contributed by atoms with Crippen molar-refractivity contribution in [2.45, 2.75) is 51.9 Å². The van der Waals surface area contributed by atoms with Gasteiger partial charge in [0.05, 0.1) is 16.7 Å². The van der Waals surface area contributed by atoms with Gasteiger partial charge in [0, 0.05) is 19.0 Å². The zero-order chi connectivity index (χ0) is 24.2. The predicted molar refractivity (Wildman–Crippen MR) is 106 cm³/mol. The number of carbonyl (C=O) groups excluding carboxylic acids is 3. The molecule has 1 aliphatic heterocycles. The van der Waals surface area contributed by atoms with E-state index in [0.29, 0.717) is 19.2 Å². The van der Waals surface area contributed by atoms with Crippen LogP contribution in [-0.4, -0.2) is 46.9 Å². The Morgan fingerprint density at radius 1 is 1.03 bits per heavy atom. The van der Waals surface area contributed by atoms with Crippen molar-refractivity contribution in [2.75, 3.05) is 13.1 Å². The number of fused-ring (bicyclic) bond motifs is 1. The van der Waals surface area contributed by atoms with Crippen LogP contribution < -0.4 is 5.32 Å². The Morgan fingerprint density at radius 2 is 1.59 bits per heavy atom. The summed E-state index contributed by atoms with van der Waals surface area (Å²) in [5.41, 5.74) is -4.53. The molecule has 0 bridgehead atoms. The second-order valence-corrected chi connectivity index (χ2v) is 9.85. The van der Waals surface area contributed by atoms with Crippen LogP contribution in [0.2, 0.25) is 0 Å². The van der Waals surface area contributed by atoms with Crippen molar-refractivity contribution in [1.82, 2.24) is 10.2 Å². The molecule has 32 heavy (non-hydrogen) atoms. The molecule has 1 saturated heterocycles. The molecule has 1 aromatic rings. The van der Waals surface area contributed by atoms with Crippen LogP contribution in [0.15, 0.2) is 18.2 Å². The minimum atomic E-state index is -4.95. The molecule has 1 N–H and O–H groups in total. The summed E-state index contributed by atoms with van der Waals surface area (Å²) >= 11 is 0. The van der Waals surface area contributed by atoms with Gasteiger partial charge in [-0.3, -0.25) is 9.59 Å². The summed E-state index contributed by atoms with van der Waals surface area (Å²) in [6.07, 6.45) is -5.40. The van der Waals surface area contributed by atoms with Gasteiger partial charge in [-0.1, -0.05) is 6.07 Å². The van der Waals surface area contributed by atoms with Crippen molar-refractivity contribution < 1.29 is 36.7 Å². The number of alkyl halides is 3. The minimum absolute atomic E-state index is 0.0845. The molecule has 0 aromatic heterocycles. The van der Waals surface area contributed by atoms with E-state index >= 15 is 0 Å². The highest BCUT2D eigenvalue weighted by atomic mass is 19.4. The van der Waals surface area contributed by atoms with Crippen molar-refractivity contribution in [3.8, 4) is 0 Å². The zero-order valence-corrected chi connectivity index (χ0v) is 18.5. The van der Waals surface area contributed by atoms with Crippen molar-refractivity contribution in [3.05, 3.63) is 35.1 Å². The van der Waals surface area contributed by atoms with Gasteiger partial charge in [-0.25, -0.2) is 9.18 Å². The van der Waals surface area contributed by atoms with Crippen molar-refractivity contribution in [2.24, 2.45) is 17.8 Å². The molecule has 1 aliphatic carbocycles. The summed E-state index contributed by atoms with van der Waals surface area (Å²) < 4.78 is 58.6. The quantitative estimate of drug-likeness (QED) is 0.546. The first-order valence-corrected chi connectivity index (χ1v) is 10.2. The van der Waals surface area contributed by atoms with Crippen LogP contribution in [0.4, 0.5) is 22.4 Å². The molecule has 2 aliphatic rings. The molecule has 2 atom stereocenters. The first-order chi connectivity index (χ1) is 14.5. The number of hydrogen-bond donors (Lipinski definition) is 1. The second kappa shape index (κ2) is 7.74. The third kappa shape index (κ3) is 4.73.